The molecule has 3 aromatic rings. The second-order valence-electron chi connectivity index (χ2n) is 6.26. The van der Waals surface area contributed by atoms with E-state index in [0.29, 0.717) is 24.7 Å². The van der Waals surface area contributed by atoms with Crippen molar-refractivity contribution in [1.82, 2.24) is 20.1 Å². The lowest BCUT2D eigenvalue weighted by Gasteiger charge is -2.19. The van der Waals surface area contributed by atoms with Gasteiger partial charge in [-0.1, -0.05) is 0 Å². The van der Waals surface area contributed by atoms with Gasteiger partial charge in [-0.3, -0.25) is 9.48 Å². The molecule has 0 unspecified atom stereocenters. The SMILES string of the molecule is COc1ccc2cc(C(=O)N[C@H]3COC[C@H]3Oc3cnn(C)c3)[nH]c2c1. The summed E-state index contributed by atoms with van der Waals surface area (Å²) in [7, 11) is 3.43. The number of aryl methyl sites for hydroxylation is 1. The van der Waals surface area contributed by atoms with E-state index in [1.807, 2.05) is 31.3 Å². The van der Waals surface area contributed by atoms with Crippen LogP contribution >= 0.6 is 0 Å². The Morgan fingerprint density at radius 1 is 1.35 bits per heavy atom. The van der Waals surface area contributed by atoms with Crippen LogP contribution in [-0.2, 0) is 11.8 Å². The molecule has 2 aromatic heterocycles. The summed E-state index contributed by atoms with van der Waals surface area (Å²) in [5.41, 5.74) is 1.33. The summed E-state index contributed by atoms with van der Waals surface area (Å²) in [6.45, 7) is 0.828. The number of carbonyl (C=O) groups excluding carboxylic acids is 1. The van der Waals surface area contributed by atoms with E-state index in [0.717, 1.165) is 16.7 Å². The molecule has 4 rings (SSSR count). The number of nitrogens with zero attached hydrogens (tertiary/aromatic N) is 2. The van der Waals surface area contributed by atoms with Crippen LogP contribution in [0.2, 0.25) is 0 Å². The van der Waals surface area contributed by atoms with E-state index < -0.39 is 0 Å². The van der Waals surface area contributed by atoms with Crippen LogP contribution in [0.5, 0.6) is 11.5 Å². The average molecular weight is 356 g/mol. The molecule has 136 valence electrons. The minimum atomic E-state index is -0.257. The first-order valence-electron chi connectivity index (χ1n) is 8.33. The number of ether oxygens (including phenoxy) is 3. The zero-order valence-corrected chi connectivity index (χ0v) is 14.6. The number of methoxy groups -OCH3 is 1. The summed E-state index contributed by atoms with van der Waals surface area (Å²) in [4.78, 5) is 15.8. The van der Waals surface area contributed by atoms with Crippen molar-refractivity contribution in [3.63, 3.8) is 0 Å². The number of amides is 1. The fourth-order valence-electron chi connectivity index (χ4n) is 3.02. The van der Waals surface area contributed by atoms with Gasteiger partial charge in [0.15, 0.2) is 5.75 Å². The van der Waals surface area contributed by atoms with Crippen LogP contribution in [0.4, 0.5) is 0 Å². The molecule has 8 heteroatoms. The molecule has 1 aromatic carbocycles. The standard InChI is InChI=1S/C18H20N4O4/c1-22-8-13(7-19-22)26-17-10-25-9-16(17)21-18(23)15-5-11-3-4-12(24-2)6-14(11)20-15/h3-8,16-17,20H,9-10H2,1-2H3,(H,21,23)/t16-,17+/m0/s1. The molecule has 1 aliphatic heterocycles. The van der Waals surface area contributed by atoms with E-state index in [2.05, 4.69) is 15.4 Å². The third-order valence-corrected chi connectivity index (χ3v) is 4.39. The molecule has 8 nitrogen and oxygen atoms in total. The van der Waals surface area contributed by atoms with Crippen molar-refractivity contribution >= 4 is 16.8 Å². The minimum absolute atomic E-state index is 0.199. The third kappa shape index (κ3) is 3.23. The molecule has 0 spiro atoms. The first-order valence-corrected chi connectivity index (χ1v) is 8.33. The maximum Gasteiger partial charge on any atom is 0.268 e. The molecule has 2 atom stereocenters. The first kappa shape index (κ1) is 16.5. The van der Waals surface area contributed by atoms with Crippen LogP contribution in [0.15, 0.2) is 36.7 Å². The fourth-order valence-corrected chi connectivity index (χ4v) is 3.02. The zero-order chi connectivity index (χ0) is 18.1. The predicted molar refractivity (Wildman–Crippen MR) is 94.5 cm³/mol. The van der Waals surface area contributed by atoms with Gasteiger partial charge in [0.05, 0.1) is 38.8 Å². The van der Waals surface area contributed by atoms with Gasteiger partial charge in [0.25, 0.3) is 5.91 Å². The van der Waals surface area contributed by atoms with Crippen LogP contribution in [0.1, 0.15) is 10.5 Å². The summed E-state index contributed by atoms with van der Waals surface area (Å²) in [6, 6.07) is 7.22. The molecule has 1 saturated heterocycles. The summed E-state index contributed by atoms with van der Waals surface area (Å²) in [6.07, 6.45) is 3.16. The Kier molecular flexibility index (Phi) is 4.26. The van der Waals surface area contributed by atoms with Gasteiger partial charge < -0.3 is 24.5 Å². The Bertz CT molecular complexity index is 932. The highest BCUT2D eigenvalue weighted by Crippen LogP contribution is 2.22. The van der Waals surface area contributed by atoms with Crippen LogP contribution in [-0.4, -0.2) is 53.1 Å². The van der Waals surface area contributed by atoms with E-state index in [4.69, 9.17) is 14.2 Å². The molecule has 2 N–H and O–H groups in total. The van der Waals surface area contributed by atoms with Gasteiger partial charge in [0.1, 0.15) is 17.5 Å². The van der Waals surface area contributed by atoms with Crippen LogP contribution in [0.25, 0.3) is 10.9 Å². The number of nitrogens with one attached hydrogen (secondary N) is 2. The summed E-state index contributed by atoms with van der Waals surface area (Å²) >= 11 is 0. The third-order valence-electron chi connectivity index (χ3n) is 4.39. The Morgan fingerprint density at radius 3 is 3.00 bits per heavy atom. The van der Waals surface area contributed by atoms with Crippen LogP contribution in [0.3, 0.4) is 0 Å². The van der Waals surface area contributed by atoms with Crippen molar-refractivity contribution < 1.29 is 19.0 Å². The van der Waals surface area contributed by atoms with Gasteiger partial charge >= 0.3 is 0 Å². The number of rotatable bonds is 5. The molecular weight excluding hydrogens is 336 g/mol. The normalized spacial score (nSPS) is 19.6. The lowest BCUT2D eigenvalue weighted by molar-refractivity contribution is 0.0900. The van der Waals surface area contributed by atoms with Gasteiger partial charge in [-0.15, -0.1) is 0 Å². The number of carbonyl (C=O) groups is 1. The smallest absolute Gasteiger partial charge is 0.268 e. The predicted octanol–water partition coefficient (Wildman–Crippen LogP) is 1.49. The van der Waals surface area contributed by atoms with Crippen molar-refractivity contribution in [2.45, 2.75) is 12.1 Å². The number of fused-ring (bicyclic) bond motifs is 1. The van der Waals surface area contributed by atoms with Gasteiger partial charge in [0, 0.05) is 24.0 Å². The molecular formula is C18H20N4O4. The highest BCUT2D eigenvalue weighted by atomic mass is 16.5. The second-order valence-corrected chi connectivity index (χ2v) is 6.26. The van der Waals surface area contributed by atoms with E-state index in [9.17, 15) is 4.79 Å². The molecule has 0 aliphatic carbocycles. The Labute approximate surface area is 150 Å². The van der Waals surface area contributed by atoms with Crippen molar-refractivity contribution in [2.75, 3.05) is 20.3 Å². The van der Waals surface area contributed by atoms with Gasteiger partial charge in [-0.2, -0.15) is 5.10 Å². The van der Waals surface area contributed by atoms with E-state index in [-0.39, 0.29) is 18.1 Å². The van der Waals surface area contributed by atoms with Crippen LogP contribution < -0.4 is 14.8 Å². The zero-order valence-electron chi connectivity index (χ0n) is 14.6. The monoisotopic (exact) mass is 356 g/mol. The highest BCUT2D eigenvalue weighted by Gasteiger charge is 2.32. The minimum Gasteiger partial charge on any atom is -0.497 e. The Hall–Kier alpha value is -3.00. The molecule has 0 bridgehead atoms. The lowest BCUT2D eigenvalue weighted by atomic mass is 10.2. The van der Waals surface area contributed by atoms with E-state index >= 15 is 0 Å². The Balaban J connectivity index is 1.46. The summed E-state index contributed by atoms with van der Waals surface area (Å²) in [5, 5.41) is 8.01. The highest BCUT2D eigenvalue weighted by molar-refractivity contribution is 5.98. The van der Waals surface area contributed by atoms with Gasteiger partial charge in [0.2, 0.25) is 0 Å². The number of aromatic amines is 1. The fraction of sp³-hybridized carbons (Fsp3) is 0.333. The van der Waals surface area contributed by atoms with Gasteiger partial charge in [-0.25, -0.2) is 0 Å². The largest absolute Gasteiger partial charge is 0.497 e. The molecule has 1 aliphatic rings. The van der Waals surface area contributed by atoms with Crippen LogP contribution in [0, 0.1) is 0 Å². The maximum absolute atomic E-state index is 12.6. The number of H-pyrrole nitrogens is 1. The topological polar surface area (TPSA) is 90.4 Å². The molecule has 1 fully saturated rings. The van der Waals surface area contributed by atoms with Crippen molar-refractivity contribution in [3.05, 3.63) is 42.4 Å². The quantitative estimate of drug-likeness (QED) is 0.723. The molecule has 1 amide bonds. The molecule has 3 heterocycles. The number of hydrogen-bond acceptors (Lipinski definition) is 5. The first-order chi connectivity index (χ1) is 12.6. The van der Waals surface area contributed by atoms with Gasteiger partial charge in [-0.05, 0) is 18.2 Å². The van der Waals surface area contributed by atoms with E-state index in [1.54, 1.807) is 24.2 Å². The second kappa shape index (κ2) is 6.72. The van der Waals surface area contributed by atoms with Crippen molar-refractivity contribution in [1.29, 1.82) is 0 Å². The number of aromatic nitrogens is 3. The summed E-state index contributed by atoms with van der Waals surface area (Å²) in [5.74, 6) is 1.19. The van der Waals surface area contributed by atoms with E-state index in [1.165, 1.54) is 0 Å². The molecule has 0 saturated carbocycles. The molecule has 0 radical (unpaired) electrons. The molecule has 26 heavy (non-hydrogen) atoms. The van der Waals surface area contributed by atoms with Crippen molar-refractivity contribution in [2.24, 2.45) is 7.05 Å². The maximum atomic E-state index is 12.6. The average Bonchev–Trinajstić information content (AvgIpc) is 3.35. The Morgan fingerprint density at radius 2 is 2.23 bits per heavy atom. The summed E-state index contributed by atoms with van der Waals surface area (Å²) < 4.78 is 18.2. The number of hydrogen-bond donors (Lipinski definition) is 2. The number of benzene rings is 1. The van der Waals surface area contributed by atoms with Crippen molar-refractivity contribution in [3.8, 4) is 11.5 Å². The lowest BCUT2D eigenvalue weighted by Crippen LogP contribution is -2.45.